The van der Waals surface area contributed by atoms with Crippen molar-refractivity contribution in [1.82, 2.24) is 5.32 Å². The van der Waals surface area contributed by atoms with Crippen LogP contribution in [0.5, 0.6) is 0 Å². The molecule has 0 aliphatic carbocycles. The standard InChI is InChI=1S/C19H31NO15/c1-6(22)20-11-9(33-17-15(28)14(27)13(26)10(4-21)34-17)3-19(31,18(29)30)35-16(11)12(25)8(24)5-32-7(2)23/h8-17,21,24-28,31H,3-5H2,1-2H3,(H,20,22)(H,29,30)/p-1/t8-,9+,10-,11-,12-,13-,14+,15-,16-,17+,19-/m1/s1. The zero-order valence-corrected chi connectivity index (χ0v) is 18.8. The molecule has 2 rings (SSSR count). The summed E-state index contributed by atoms with van der Waals surface area (Å²) in [6, 6.07) is -1.51. The number of rotatable bonds is 9. The van der Waals surface area contributed by atoms with Crippen molar-refractivity contribution in [3.8, 4) is 0 Å². The number of aliphatic hydroxyl groups is 7. The number of aliphatic carboxylic acids is 1. The van der Waals surface area contributed by atoms with Gasteiger partial charge in [-0.25, -0.2) is 0 Å². The average molecular weight is 512 g/mol. The number of carboxylic acids is 1. The van der Waals surface area contributed by atoms with Crippen LogP contribution in [0.1, 0.15) is 20.3 Å². The third-order valence-corrected chi connectivity index (χ3v) is 5.60. The Balaban J connectivity index is 2.39. The molecule has 0 bridgehead atoms. The number of aliphatic hydroxyl groups excluding tert-OH is 6. The topological polar surface area (TPSA) is 265 Å². The summed E-state index contributed by atoms with van der Waals surface area (Å²) in [6.07, 6.45) is -17.2. The Kier molecular flexibility index (Phi) is 9.88. The number of ether oxygens (including phenoxy) is 4. The van der Waals surface area contributed by atoms with Gasteiger partial charge in [0.1, 0.15) is 55.3 Å². The second-order valence-electron chi connectivity index (χ2n) is 8.32. The van der Waals surface area contributed by atoms with E-state index in [2.05, 4.69) is 10.1 Å². The van der Waals surface area contributed by atoms with Gasteiger partial charge in [0.2, 0.25) is 11.7 Å². The summed E-state index contributed by atoms with van der Waals surface area (Å²) in [5, 5.41) is 84.7. The minimum absolute atomic E-state index is 0.744. The molecule has 0 aromatic rings. The summed E-state index contributed by atoms with van der Waals surface area (Å²) in [4.78, 5) is 34.5. The van der Waals surface area contributed by atoms with E-state index in [1.807, 2.05) is 0 Å². The van der Waals surface area contributed by atoms with E-state index >= 15 is 0 Å². The first kappa shape index (κ1) is 29.2. The second kappa shape index (κ2) is 11.8. The molecule has 35 heavy (non-hydrogen) atoms. The van der Waals surface area contributed by atoms with Gasteiger partial charge in [-0.15, -0.1) is 0 Å². The number of amides is 1. The summed E-state index contributed by atoms with van der Waals surface area (Å²) in [5.41, 5.74) is 0. The Bertz CT molecular complexity index is 765. The van der Waals surface area contributed by atoms with Crippen LogP contribution in [0.25, 0.3) is 0 Å². The van der Waals surface area contributed by atoms with Crippen LogP contribution < -0.4 is 10.4 Å². The van der Waals surface area contributed by atoms with Crippen molar-refractivity contribution in [2.24, 2.45) is 0 Å². The van der Waals surface area contributed by atoms with E-state index in [0.717, 1.165) is 13.8 Å². The lowest BCUT2D eigenvalue weighted by molar-refractivity contribution is -0.383. The van der Waals surface area contributed by atoms with Gasteiger partial charge in [-0.05, 0) is 0 Å². The molecule has 2 saturated heterocycles. The molecular weight excluding hydrogens is 482 g/mol. The quantitative estimate of drug-likeness (QED) is 0.133. The highest BCUT2D eigenvalue weighted by molar-refractivity contribution is 5.74. The van der Waals surface area contributed by atoms with Crippen molar-refractivity contribution >= 4 is 17.8 Å². The highest BCUT2D eigenvalue weighted by Gasteiger charge is 2.54. The van der Waals surface area contributed by atoms with Gasteiger partial charge in [0.15, 0.2) is 6.29 Å². The average Bonchev–Trinajstić information content (AvgIpc) is 2.78. The zero-order valence-electron chi connectivity index (χ0n) is 18.8. The normalized spacial score (nSPS) is 39.3. The molecule has 0 aromatic carbocycles. The summed E-state index contributed by atoms with van der Waals surface area (Å²) in [5.74, 6) is -6.87. The lowest BCUT2D eigenvalue weighted by atomic mass is 9.88. The zero-order chi connectivity index (χ0) is 26.7. The molecule has 0 unspecified atom stereocenters. The van der Waals surface area contributed by atoms with Gasteiger partial charge in [0.05, 0.1) is 18.8 Å². The van der Waals surface area contributed by atoms with Crippen LogP contribution in [0.4, 0.5) is 0 Å². The fourth-order valence-electron chi connectivity index (χ4n) is 3.79. The maximum atomic E-state index is 11.8. The van der Waals surface area contributed by atoms with Gasteiger partial charge in [-0.2, -0.15) is 0 Å². The Labute approximate surface area is 198 Å². The first-order valence-corrected chi connectivity index (χ1v) is 10.6. The van der Waals surface area contributed by atoms with Crippen molar-refractivity contribution in [2.75, 3.05) is 13.2 Å². The highest BCUT2D eigenvalue weighted by atomic mass is 16.7. The summed E-state index contributed by atoms with van der Waals surface area (Å²) in [6.45, 7) is 0.504. The number of carbonyl (C=O) groups is 3. The Morgan fingerprint density at radius 1 is 1.14 bits per heavy atom. The molecule has 2 aliphatic heterocycles. The molecule has 0 aromatic heterocycles. The van der Waals surface area contributed by atoms with Gasteiger partial charge in [-0.3, -0.25) is 9.59 Å². The van der Waals surface area contributed by atoms with E-state index in [0.29, 0.717) is 0 Å². The summed E-state index contributed by atoms with van der Waals surface area (Å²) >= 11 is 0. The molecule has 11 atom stereocenters. The number of nitrogens with one attached hydrogen (secondary N) is 1. The summed E-state index contributed by atoms with van der Waals surface area (Å²) in [7, 11) is 0. The molecule has 202 valence electrons. The van der Waals surface area contributed by atoms with Crippen molar-refractivity contribution in [2.45, 2.75) is 87.2 Å². The molecule has 2 aliphatic rings. The minimum Gasteiger partial charge on any atom is -0.544 e. The number of carbonyl (C=O) groups excluding carboxylic acids is 3. The minimum atomic E-state index is -3.14. The van der Waals surface area contributed by atoms with Crippen LogP contribution in [0.15, 0.2) is 0 Å². The van der Waals surface area contributed by atoms with Gasteiger partial charge < -0.3 is 69.9 Å². The van der Waals surface area contributed by atoms with Crippen molar-refractivity contribution in [3.63, 3.8) is 0 Å². The number of carboxylic acid groups (broad SMARTS) is 1. The van der Waals surface area contributed by atoms with E-state index in [-0.39, 0.29) is 0 Å². The smallest absolute Gasteiger partial charge is 0.302 e. The van der Waals surface area contributed by atoms with Gasteiger partial charge in [0, 0.05) is 20.3 Å². The molecule has 2 fully saturated rings. The largest absolute Gasteiger partial charge is 0.544 e. The Hall–Kier alpha value is -1.99. The lowest BCUT2D eigenvalue weighted by Crippen LogP contribution is -2.70. The van der Waals surface area contributed by atoms with Crippen LogP contribution in [0.3, 0.4) is 0 Å². The second-order valence-corrected chi connectivity index (χ2v) is 8.32. The maximum Gasteiger partial charge on any atom is 0.302 e. The van der Waals surface area contributed by atoms with Crippen molar-refractivity contribution in [3.05, 3.63) is 0 Å². The van der Waals surface area contributed by atoms with Crippen LogP contribution in [0, 0.1) is 0 Å². The number of esters is 1. The third kappa shape index (κ3) is 6.82. The van der Waals surface area contributed by atoms with E-state index in [1.165, 1.54) is 0 Å². The first-order chi connectivity index (χ1) is 16.2. The molecule has 0 spiro atoms. The fourth-order valence-corrected chi connectivity index (χ4v) is 3.79. The van der Waals surface area contributed by atoms with Gasteiger partial charge in [0.25, 0.3) is 0 Å². The Morgan fingerprint density at radius 2 is 1.77 bits per heavy atom. The van der Waals surface area contributed by atoms with E-state index in [1.54, 1.807) is 0 Å². The fraction of sp³-hybridized carbons (Fsp3) is 0.842. The van der Waals surface area contributed by atoms with Crippen molar-refractivity contribution < 1.29 is 74.2 Å². The summed E-state index contributed by atoms with van der Waals surface area (Å²) < 4.78 is 20.4. The predicted octanol–water partition coefficient (Wildman–Crippen LogP) is -6.81. The van der Waals surface area contributed by atoms with E-state index < -0.39 is 104 Å². The van der Waals surface area contributed by atoms with Crippen LogP contribution in [-0.2, 0) is 33.3 Å². The lowest BCUT2D eigenvalue weighted by Gasteiger charge is -2.49. The Morgan fingerprint density at radius 3 is 2.29 bits per heavy atom. The monoisotopic (exact) mass is 512 g/mol. The van der Waals surface area contributed by atoms with Crippen LogP contribution in [0.2, 0.25) is 0 Å². The molecule has 0 radical (unpaired) electrons. The molecule has 2 heterocycles. The predicted molar refractivity (Wildman–Crippen MR) is 104 cm³/mol. The SMILES string of the molecule is CC(=O)N[C@H]1[C@H]([C@H](O)[C@H](O)COC(C)=O)O[C@@](O)(C(=O)[O-])C[C@@H]1O[C@H]1O[C@H](CO)[C@@H](O)[C@H](O)[C@H]1O. The first-order valence-electron chi connectivity index (χ1n) is 10.6. The molecule has 16 nitrogen and oxygen atoms in total. The van der Waals surface area contributed by atoms with Gasteiger partial charge in [-0.1, -0.05) is 0 Å². The van der Waals surface area contributed by atoms with Crippen LogP contribution >= 0.6 is 0 Å². The van der Waals surface area contributed by atoms with E-state index in [4.69, 9.17) is 14.2 Å². The third-order valence-electron chi connectivity index (χ3n) is 5.60. The van der Waals surface area contributed by atoms with E-state index in [9.17, 15) is 55.2 Å². The highest BCUT2D eigenvalue weighted by Crippen LogP contribution is 2.34. The molecule has 8 N–H and O–H groups in total. The van der Waals surface area contributed by atoms with Crippen LogP contribution in [-0.4, -0.2) is 134 Å². The molecule has 16 heteroatoms. The van der Waals surface area contributed by atoms with Gasteiger partial charge >= 0.3 is 5.97 Å². The maximum absolute atomic E-state index is 11.8. The molecule has 1 amide bonds. The number of hydrogen-bond acceptors (Lipinski definition) is 15. The number of hydrogen-bond donors (Lipinski definition) is 8. The molecule has 0 saturated carbocycles. The van der Waals surface area contributed by atoms with Crippen molar-refractivity contribution in [1.29, 1.82) is 0 Å². The molecular formula is C19H30NO15-.